The minimum Gasteiger partial charge on any atom is -0.508 e. The van der Waals surface area contributed by atoms with Gasteiger partial charge in [0.25, 0.3) is 0 Å². The van der Waals surface area contributed by atoms with Gasteiger partial charge >= 0.3 is 0 Å². The van der Waals surface area contributed by atoms with E-state index in [0.717, 1.165) is 24.6 Å². The molecule has 28 heavy (non-hydrogen) atoms. The summed E-state index contributed by atoms with van der Waals surface area (Å²) < 4.78 is 0. The summed E-state index contributed by atoms with van der Waals surface area (Å²) in [6.07, 6.45) is 2.69. The quantitative estimate of drug-likeness (QED) is 0.549. The van der Waals surface area contributed by atoms with Gasteiger partial charge in [0, 0.05) is 0 Å². The summed E-state index contributed by atoms with van der Waals surface area (Å²) in [6.45, 7) is 8.77. The highest BCUT2D eigenvalue weighted by molar-refractivity contribution is 5.87. The van der Waals surface area contributed by atoms with Crippen molar-refractivity contribution in [2.75, 3.05) is 0 Å². The highest BCUT2D eigenvalue weighted by Gasteiger charge is 2.19. The molecule has 0 aliphatic heterocycles. The lowest BCUT2D eigenvalue weighted by Crippen LogP contribution is -2.20. The highest BCUT2D eigenvalue weighted by atomic mass is 16.3. The third-order valence-electron chi connectivity index (χ3n) is 5.64. The zero-order valence-corrected chi connectivity index (χ0v) is 17.4. The van der Waals surface area contributed by atoms with E-state index in [2.05, 4.69) is 64.1 Å². The lowest BCUT2D eigenvalue weighted by atomic mass is 9.83. The van der Waals surface area contributed by atoms with E-state index >= 15 is 0 Å². The fourth-order valence-electron chi connectivity index (χ4n) is 4.13. The fourth-order valence-corrected chi connectivity index (χ4v) is 4.13. The third-order valence-corrected chi connectivity index (χ3v) is 5.64. The lowest BCUT2D eigenvalue weighted by molar-refractivity contribution is 0.158. The van der Waals surface area contributed by atoms with Crippen LogP contribution in [0.15, 0.2) is 54.6 Å². The number of aromatic hydroxyl groups is 1. The van der Waals surface area contributed by atoms with Crippen molar-refractivity contribution < 1.29 is 10.2 Å². The fraction of sp³-hybridized carbons (Fsp3) is 0.385. The largest absolute Gasteiger partial charge is 0.508 e. The number of phenolic OH excluding ortho intramolecular Hbond substituents is 1. The molecule has 4 rings (SSSR count). The molecule has 2 heteroatoms. The number of aliphatic hydroxyl groups excluding tert-OH is 1. The molecule has 1 aliphatic rings. The second kappa shape index (κ2) is 8.79. The molecule has 1 unspecified atom stereocenters. The number of rotatable bonds is 2. The van der Waals surface area contributed by atoms with Crippen molar-refractivity contribution >= 4 is 10.8 Å². The van der Waals surface area contributed by atoms with Gasteiger partial charge in [-0.2, -0.15) is 0 Å². The molecule has 0 fully saturated rings. The first kappa shape index (κ1) is 20.4. The number of aliphatic hydroxyl groups is 1. The van der Waals surface area contributed by atoms with Crippen molar-refractivity contribution in [3.05, 3.63) is 76.9 Å². The average molecular weight is 377 g/mol. The van der Waals surface area contributed by atoms with Gasteiger partial charge in [-0.15, -0.1) is 0 Å². The Morgan fingerprint density at radius 2 is 1.54 bits per heavy atom. The predicted molar refractivity (Wildman–Crippen MR) is 118 cm³/mol. The average Bonchev–Trinajstić information content (AvgIpc) is 2.67. The molecule has 0 heterocycles. The molecule has 0 aromatic heterocycles. The number of benzene rings is 3. The van der Waals surface area contributed by atoms with Gasteiger partial charge in [0.05, 0.1) is 6.10 Å². The summed E-state index contributed by atoms with van der Waals surface area (Å²) in [5.74, 6) is 1.39. The van der Waals surface area contributed by atoms with E-state index in [-0.39, 0.29) is 6.10 Å². The maximum absolute atomic E-state index is 9.66. The molecule has 2 N–H and O–H groups in total. The van der Waals surface area contributed by atoms with E-state index in [4.69, 9.17) is 0 Å². The zero-order chi connectivity index (χ0) is 20.3. The Morgan fingerprint density at radius 1 is 0.857 bits per heavy atom. The molecule has 0 bridgehead atoms. The van der Waals surface area contributed by atoms with Gasteiger partial charge < -0.3 is 10.2 Å². The maximum Gasteiger partial charge on any atom is 0.116 e. The molecule has 2 nitrogen and oxygen atoms in total. The number of aryl methyl sites for hydroxylation is 1. The Labute approximate surface area is 168 Å². The third kappa shape index (κ3) is 4.56. The van der Waals surface area contributed by atoms with Gasteiger partial charge in [0.1, 0.15) is 5.75 Å². The summed E-state index contributed by atoms with van der Waals surface area (Å²) in [4.78, 5) is 0. The van der Waals surface area contributed by atoms with Crippen LogP contribution in [-0.4, -0.2) is 16.3 Å². The van der Waals surface area contributed by atoms with Crippen molar-refractivity contribution in [3.63, 3.8) is 0 Å². The Bertz CT molecular complexity index is 940. The monoisotopic (exact) mass is 376 g/mol. The molecule has 0 spiro atoms. The van der Waals surface area contributed by atoms with Crippen LogP contribution in [0.2, 0.25) is 0 Å². The predicted octanol–water partition coefficient (Wildman–Crippen LogP) is 6.33. The van der Waals surface area contributed by atoms with Crippen molar-refractivity contribution in [1.29, 1.82) is 0 Å². The van der Waals surface area contributed by atoms with Crippen molar-refractivity contribution in [2.24, 2.45) is 0 Å². The molecule has 3 aromatic rings. The minimum atomic E-state index is -0.123. The molecule has 148 valence electrons. The van der Waals surface area contributed by atoms with Gasteiger partial charge in [-0.25, -0.2) is 0 Å². The second-order valence-electron chi connectivity index (χ2n) is 8.44. The first-order valence-corrected chi connectivity index (χ1v) is 10.4. The first-order chi connectivity index (χ1) is 13.4. The van der Waals surface area contributed by atoms with Crippen LogP contribution in [0.25, 0.3) is 10.8 Å². The Morgan fingerprint density at radius 3 is 2.25 bits per heavy atom. The van der Waals surface area contributed by atoms with E-state index in [9.17, 15) is 10.2 Å². The van der Waals surface area contributed by atoms with Crippen LogP contribution in [-0.2, 0) is 12.8 Å². The van der Waals surface area contributed by atoms with Gasteiger partial charge in [-0.3, -0.25) is 0 Å². The summed E-state index contributed by atoms with van der Waals surface area (Å²) in [6, 6.07) is 18.3. The SMILES string of the molecule is CC(C)c1cccc2c1CC(O)CC2.CC(C)c1cccc2ccc(O)cc12. The van der Waals surface area contributed by atoms with Crippen LogP contribution < -0.4 is 0 Å². The van der Waals surface area contributed by atoms with Crippen molar-refractivity contribution in [3.8, 4) is 5.75 Å². The van der Waals surface area contributed by atoms with Crippen LogP contribution >= 0.6 is 0 Å². The minimum absolute atomic E-state index is 0.123. The Kier molecular flexibility index (Phi) is 6.41. The van der Waals surface area contributed by atoms with Crippen LogP contribution in [0.1, 0.15) is 68.2 Å². The van der Waals surface area contributed by atoms with Crippen LogP contribution in [0.4, 0.5) is 0 Å². The Hall–Kier alpha value is -2.32. The smallest absolute Gasteiger partial charge is 0.116 e. The van der Waals surface area contributed by atoms with Gasteiger partial charge in [-0.1, -0.05) is 70.2 Å². The summed E-state index contributed by atoms with van der Waals surface area (Å²) >= 11 is 0. The van der Waals surface area contributed by atoms with E-state index in [1.54, 1.807) is 6.07 Å². The van der Waals surface area contributed by atoms with E-state index in [1.165, 1.54) is 27.6 Å². The molecule has 1 aliphatic carbocycles. The first-order valence-electron chi connectivity index (χ1n) is 10.4. The second-order valence-corrected chi connectivity index (χ2v) is 8.44. The number of hydrogen-bond donors (Lipinski definition) is 2. The standard InChI is InChI=1S/C13H18O.C13H14O/c2*1-9(2)12-5-3-4-10-6-7-11(14)8-13(10)12/h3-5,9,11,14H,6-8H2,1-2H3;3-9,14H,1-2H3. The van der Waals surface area contributed by atoms with Crippen molar-refractivity contribution in [2.45, 2.75) is 64.9 Å². The van der Waals surface area contributed by atoms with E-state index in [1.807, 2.05) is 12.1 Å². The molecule has 0 amide bonds. The highest BCUT2D eigenvalue weighted by Crippen LogP contribution is 2.29. The molecule has 0 radical (unpaired) electrons. The molecular formula is C26H32O2. The Balaban J connectivity index is 0.000000161. The van der Waals surface area contributed by atoms with E-state index in [0.29, 0.717) is 17.6 Å². The molecule has 3 aromatic carbocycles. The maximum atomic E-state index is 9.66. The summed E-state index contributed by atoms with van der Waals surface area (Å²) in [5.41, 5.74) is 5.56. The van der Waals surface area contributed by atoms with Gasteiger partial charge in [0.15, 0.2) is 0 Å². The number of fused-ring (bicyclic) bond motifs is 2. The molecule has 0 saturated heterocycles. The molecular weight excluding hydrogens is 344 g/mol. The summed E-state index contributed by atoms with van der Waals surface area (Å²) in [5, 5.41) is 21.4. The van der Waals surface area contributed by atoms with Gasteiger partial charge in [-0.05, 0) is 76.3 Å². The van der Waals surface area contributed by atoms with Crippen LogP contribution in [0.3, 0.4) is 0 Å². The topological polar surface area (TPSA) is 40.5 Å². The van der Waals surface area contributed by atoms with Crippen molar-refractivity contribution in [1.82, 2.24) is 0 Å². The lowest BCUT2D eigenvalue weighted by Gasteiger charge is -2.24. The molecule has 0 saturated carbocycles. The zero-order valence-electron chi connectivity index (χ0n) is 17.4. The number of phenols is 1. The van der Waals surface area contributed by atoms with Crippen LogP contribution in [0.5, 0.6) is 5.75 Å². The normalized spacial score (nSPS) is 16.0. The van der Waals surface area contributed by atoms with Crippen LogP contribution in [0, 0.1) is 0 Å². The molecule has 1 atom stereocenters. The summed E-state index contributed by atoms with van der Waals surface area (Å²) in [7, 11) is 0. The number of hydrogen-bond acceptors (Lipinski definition) is 2. The van der Waals surface area contributed by atoms with E-state index < -0.39 is 0 Å². The van der Waals surface area contributed by atoms with Gasteiger partial charge in [0.2, 0.25) is 0 Å².